The van der Waals surface area contributed by atoms with E-state index in [4.69, 9.17) is 0 Å². The Morgan fingerprint density at radius 1 is 0.474 bits per heavy atom. The first kappa shape index (κ1) is 52.9. The molecule has 6 aromatic rings. The van der Waals surface area contributed by atoms with Gasteiger partial charge in [0, 0.05) is 94.9 Å². The van der Waals surface area contributed by atoms with Crippen LogP contribution in [0.1, 0.15) is 144 Å². The van der Waals surface area contributed by atoms with Crippen LogP contribution in [0.5, 0.6) is 0 Å². The summed E-state index contributed by atoms with van der Waals surface area (Å²) in [5.74, 6) is 1.17. The first-order chi connectivity index (χ1) is 36.6. The Labute approximate surface area is 457 Å². The molecule has 4 heteroatoms. The minimum atomic E-state index is -0.283. The van der Waals surface area contributed by atoms with Crippen LogP contribution in [0.2, 0.25) is 0 Å². The number of para-hydroxylation sites is 2. The van der Waals surface area contributed by atoms with Gasteiger partial charge >= 0.3 is 0 Å². The Bertz CT molecular complexity index is 3170. The van der Waals surface area contributed by atoms with Crippen molar-refractivity contribution in [3.8, 4) is 0 Å². The second kappa shape index (κ2) is 21.1. The molecule has 0 spiro atoms. The van der Waals surface area contributed by atoms with Crippen molar-refractivity contribution in [2.75, 3.05) is 36.0 Å². The smallest absolute Gasteiger partial charge is 0.209 e. The van der Waals surface area contributed by atoms with Crippen molar-refractivity contribution in [2.45, 2.75) is 143 Å². The van der Waals surface area contributed by atoms with Crippen molar-refractivity contribution >= 4 is 55.7 Å². The van der Waals surface area contributed by atoms with E-state index in [2.05, 4.69) is 272 Å². The van der Waals surface area contributed by atoms with Gasteiger partial charge in [-0.05, 0) is 136 Å². The first-order valence-corrected chi connectivity index (χ1v) is 29.1. The number of benzene rings is 6. The fourth-order valence-electron chi connectivity index (χ4n) is 13.8. The van der Waals surface area contributed by atoms with E-state index >= 15 is 0 Å². The largest absolute Gasteiger partial charge is 0.344 e. The molecule has 4 aliphatic rings. The molecule has 0 aliphatic carbocycles. The fourth-order valence-corrected chi connectivity index (χ4v) is 13.8. The summed E-state index contributed by atoms with van der Waals surface area (Å²) in [5.41, 5.74) is 15.9. The van der Waals surface area contributed by atoms with Crippen molar-refractivity contribution in [1.29, 1.82) is 0 Å². The predicted molar refractivity (Wildman–Crippen MR) is 328 cm³/mol. The molecule has 0 fully saturated rings. The number of allylic oxidation sites excluding steroid dienone is 10. The zero-order valence-electron chi connectivity index (χ0n) is 48.2. The SMILES string of the molecule is CCC[N+]1=C(/C=C/C=C2/N(CCC(C)C)c3ccc4ccccc4c3C2(C)C/C=C\CC2(C)/C(=C\C=C\C3=[N+](CCC)c4ccccc4C3(C)C)N(CCC(C)C)c3ccc4ccccc4c32)C(C)(C)c2ccccc21. The molecule has 2 unspecified atom stereocenters. The average molecular weight is 1010 g/mol. The summed E-state index contributed by atoms with van der Waals surface area (Å²) in [6.45, 7) is 32.7. The topological polar surface area (TPSA) is 12.5 Å². The van der Waals surface area contributed by atoms with Crippen LogP contribution in [0.15, 0.2) is 181 Å². The highest BCUT2D eigenvalue weighted by Crippen LogP contribution is 2.55. The van der Waals surface area contributed by atoms with E-state index in [1.807, 2.05) is 0 Å². The number of rotatable bonds is 18. The maximum absolute atomic E-state index is 2.69. The summed E-state index contributed by atoms with van der Waals surface area (Å²) < 4.78 is 5.14. The van der Waals surface area contributed by atoms with Gasteiger partial charge in [-0.25, -0.2) is 0 Å². The number of hydrogen-bond donors (Lipinski definition) is 0. The molecular weight excluding hydrogens is 921 g/mol. The van der Waals surface area contributed by atoms with E-state index in [0.29, 0.717) is 11.8 Å². The monoisotopic (exact) mass is 1010 g/mol. The Hall–Kier alpha value is -6.52. The summed E-state index contributed by atoms with van der Waals surface area (Å²) in [6, 6.07) is 45.8. The normalized spacial score (nSPS) is 21.7. The van der Waals surface area contributed by atoms with E-state index in [1.165, 1.54) is 89.4 Å². The van der Waals surface area contributed by atoms with Crippen molar-refractivity contribution in [2.24, 2.45) is 11.8 Å². The van der Waals surface area contributed by atoms with Gasteiger partial charge in [-0.15, -0.1) is 0 Å². The maximum atomic E-state index is 2.69. The Morgan fingerprint density at radius 3 is 1.25 bits per heavy atom. The summed E-state index contributed by atoms with van der Waals surface area (Å²) in [6.07, 6.45) is 25.9. The summed E-state index contributed by atoms with van der Waals surface area (Å²) >= 11 is 0. The van der Waals surface area contributed by atoms with Crippen LogP contribution in [0.25, 0.3) is 21.5 Å². The first-order valence-electron chi connectivity index (χ1n) is 29.1. The highest BCUT2D eigenvalue weighted by Gasteiger charge is 2.48. The van der Waals surface area contributed by atoms with Crippen LogP contribution < -0.4 is 9.80 Å². The molecule has 392 valence electrons. The van der Waals surface area contributed by atoms with E-state index < -0.39 is 0 Å². The lowest BCUT2D eigenvalue weighted by atomic mass is 9.74. The van der Waals surface area contributed by atoms with Gasteiger partial charge in [-0.3, -0.25) is 0 Å². The molecule has 6 aromatic carbocycles. The van der Waals surface area contributed by atoms with Crippen LogP contribution in [-0.4, -0.2) is 46.8 Å². The lowest BCUT2D eigenvalue weighted by molar-refractivity contribution is -0.437. The van der Waals surface area contributed by atoms with E-state index in [1.54, 1.807) is 0 Å². The molecule has 0 bridgehead atoms. The Balaban J connectivity index is 1.08. The van der Waals surface area contributed by atoms with Gasteiger partial charge in [0.15, 0.2) is 11.4 Å². The second-order valence-corrected chi connectivity index (χ2v) is 24.8. The highest BCUT2D eigenvalue weighted by molar-refractivity contribution is 6.04. The minimum absolute atomic E-state index is 0.0973. The third-order valence-electron chi connectivity index (χ3n) is 17.8. The molecule has 0 saturated carbocycles. The molecule has 4 nitrogen and oxygen atoms in total. The van der Waals surface area contributed by atoms with Gasteiger partial charge in [0.05, 0.1) is 10.8 Å². The van der Waals surface area contributed by atoms with E-state index in [9.17, 15) is 0 Å². The van der Waals surface area contributed by atoms with E-state index in [0.717, 1.165) is 64.7 Å². The van der Waals surface area contributed by atoms with Crippen molar-refractivity contribution in [3.05, 3.63) is 204 Å². The number of anilines is 2. The molecule has 4 aliphatic heterocycles. The summed E-state index contributed by atoms with van der Waals surface area (Å²) in [7, 11) is 0. The van der Waals surface area contributed by atoms with Gasteiger partial charge in [0.2, 0.25) is 11.4 Å². The number of hydrogen-bond acceptors (Lipinski definition) is 2. The zero-order valence-corrected chi connectivity index (χ0v) is 48.2. The van der Waals surface area contributed by atoms with Crippen molar-refractivity contribution in [1.82, 2.24) is 0 Å². The summed E-state index contributed by atoms with van der Waals surface area (Å²) in [5, 5.41) is 5.33. The van der Waals surface area contributed by atoms with E-state index in [-0.39, 0.29) is 21.7 Å². The third-order valence-corrected chi connectivity index (χ3v) is 17.8. The van der Waals surface area contributed by atoms with Crippen LogP contribution in [-0.2, 0) is 21.7 Å². The standard InChI is InChI=1S/C72H86N4/c1-13-47-73-59-33-21-19-31-57(59)69(7,8)63(73)35-25-37-65-71(11,67-55-29-17-15-27-53(55)39-41-61(67)75(65)49-43-51(3)4)45-23-24-46-72(12)66(38-26-36-64-70(9,10)58-32-20-22-34-60(58)74(64)48-14-2)76(50-44-52(5)6)62-42-40-54-28-16-18-30-56(54)68(62)72/h15-42,51-52H,13-14,43-50H2,1-12H3/q+2/b24-23-. The van der Waals surface area contributed by atoms with Gasteiger partial charge in [0.25, 0.3) is 0 Å². The minimum Gasteiger partial charge on any atom is -0.344 e. The van der Waals surface area contributed by atoms with Crippen molar-refractivity contribution in [3.63, 3.8) is 0 Å². The Morgan fingerprint density at radius 2 is 0.855 bits per heavy atom. The fraction of sp³-hybridized carbons (Fsp3) is 0.389. The quantitative estimate of drug-likeness (QED) is 0.0628. The molecular formula is C72H86N4+2. The maximum Gasteiger partial charge on any atom is 0.209 e. The lowest BCUT2D eigenvalue weighted by Crippen LogP contribution is -2.30. The van der Waals surface area contributed by atoms with Crippen LogP contribution in [0.4, 0.5) is 22.7 Å². The molecule has 0 radical (unpaired) electrons. The zero-order chi connectivity index (χ0) is 53.6. The molecule has 10 rings (SSSR count). The Kier molecular flexibility index (Phi) is 14.7. The van der Waals surface area contributed by atoms with Crippen LogP contribution >= 0.6 is 0 Å². The lowest BCUT2D eigenvalue weighted by Gasteiger charge is -2.31. The second-order valence-electron chi connectivity index (χ2n) is 24.8. The molecule has 0 N–H and O–H groups in total. The molecule has 4 heterocycles. The van der Waals surface area contributed by atoms with Gasteiger partial charge in [-0.2, -0.15) is 9.15 Å². The predicted octanol–water partition coefficient (Wildman–Crippen LogP) is 18.1. The molecule has 76 heavy (non-hydrogen) atoms. The average Bonchev–Trinajstić information content (AvgIpc) is 3.97. The van der Waals surface area contributed by atoms with Crippen LogP contribution in [0.3, 0.4) is 0 Å². The van der Waals surface area contributed by atoms with Gasteiger partial charge in [0.1, 0.15) is 13.1 Å². The van der Waals surface area contributed by atoms with Crippen molar-refractivity contribution < 1.29 is 9.15 Å². The van der Waals surface area contributed by atoms with Gasteiger partial charge < -0.3 is 9.80 Å². The molecule has 0 amide bonds. The van der Waals surface area contributed by atoms with Crippen LogP contribution in [0, 0.1) is 11.8 Å². The van der Waals surface area contributed by atoms with Gasteiger partial charge in [-0.1, -0.05) is 163 Å². The highest BCUT2D eigenvalue weighted by atomic mass is 15.2. The molecule has 0 saturated heterocycles. The molecule has 2 atom stereocenters. The molecule has 0 aromatic heterocycles. The number of fused-ring (bicyclic) bond motifs is 8. The number of nitrogens with zero attached hydrogens (tertiary/aromatic N) is 4. The summed E-state index contributed by atoms with van der Waals surface area (Å²) in [4.78, 5) is 5.38. The third kappa shape index (κ3) is 9.16.